The molecular formula is C21H14ClN3OS. The number of hydrogen-bond acceptors (Lipinski definition) is 4. The maximum atomic E-state index is 13.2. The molecule has 0 saturated carbocycles. The van der Waals surface area contributed by atoms with Crippen molar-refractivity contribution in [3.63, 3.8) is 0 Å². The van der Waals surface area contributed by atoms with Gasteiger partial charge in [-0.2, -0.15) is 5.26 Å². The third-order valence-corrected chi connectivity index (χ3v) is 5.74. The van der Waals surface area contributed by atoms with Crippen molar-refractivity contribution in [3.8, 4) is 6.07 Å². The van der Waals surface area contributed by atoms with Crippen molar-refractivity contribution in [2.45, 2.75) is 6.42 Å². The van der Waals surface area contributed by atoms with Crippen LogP contribution in [0, 0.1) is 11.3 Å². The molecule has 0 fully saturated rings. The molecule has 2 aromatic heterocycles. The van der Waals surface area contributed by atoms with E-state index in [1.807, 2.05) is 54.6 Å². The van der Waals surface area contributed by atoms with Crippen molar-refractivity contribution < 1.29 is 4.79 Å². The molecule has 0 spiro atoms. The van der Waals surface area contributed by atoms with Gasteiger partial charge in [0.15, 0.2) is 0 Å². The summed E-state index contributed by atoms with van der Waals surface area (Å²) in [5, 5.41) is 11.1. The molecule has 0 aliphatic heterocycles. The van der Waals surface area contributed by atoms with Crippen molar-refractivity contribution in [2.75, 3.05) is 11.4 Å². The summed E-state index contributed by atoms with van der Waals surface area (Å²) in [4.78, 5) is 19.9. The lowest BCUT2D eigenvalue weighted by Crippen LogP contribution is -2.31. The van der Waals surface area contributed by atoms with Crippen LogP contribution in [0.15, 0.2) is 60.7 Å². The van der Waals surface area contributed by atoms with Gasteiger partial charge in [0.25, 0.3) is 5.91 Å². The van der Waals surface area contributed by atoms with E-state index in [4.69, 9.17) is 16.9 Å². The first kappa shape index (κ1) is 17.5. The average molecular weight is 392 g/mol. The lowest BCUT2D eigenvalue weighted by Gasteiger charge is -2.20. The maximum Gasteiger partial charge on any atom is 0.268 e. The van der Waals surface area contributed by atoms with Crippen LogP contribution in [0.3, 0.4) is 0 Å². The van der Waals surface area contributed by atoms with E-state index in [-0.39, 0.29) is 12.3 Å². The number of para-hydroxylation sites is 2. The summed E-state index contributed by atoms with van der Waals surface area (Å²) in [6.45, 7) is 0.334. The Hall–Kier alpha value is -2.94. The number of nitriles is 1. The van der Waals surface area contributed by atoms with Crippen LogP contribution in [0.5, 0.6) is 0 Å². The summed E-state index contributed by atoms with van der Waals surface area (Å²) in [6, 6.07) is 21.0. The summed E-state index contributed by atoms with van der Waals surface area (Å²) in [7, 11) is 0. The molecule has 1 amide bonds. The third kappa shape index (κ3) is 3.25. The highest BCUT2D eigenvalue weighted by molar-refractivity contribution is 7.22. The number of thiophene rings is 1. The van der Waals surface area contributed by atoms with Crippen LogP contribution in [0.25, 0.3) is 21.0 Å². The Morgan fingerprint density at radius 3 is 2.63 bits per heavy atom. The molecule has 0 atom stereocenters. The van der Waals surface area contributed by atoms with Gasteiger partial charge < -0.3 is 4.90 Å². The summed E-state index contributed by atoms with van der Waals surface area (Å²) in [6.07, 6.45) is 0.261. The lowest BCUT2D eigenvalue weighted by molar-refractivity contribution is 0.0991. The zero-order valence-corrected chi connectivity index (χ0v) is 15.8. The Balaban J connectivity index is 1.82. The van der Waals surface area contributed by atoms with Gasteiger partial charge in [0.05, 0.1) is 22.9 Å². The molecule has 4 rings (SSSR count). The van der Waals surface area contributed by atoms with Crippen molar-refractivity contribution in [3.05, 3.63) is 70.7 Å². The number of aromatic nitrogens is 1. The largest absolute Gasteiger partial charge is 0.307 e. The molecule has 0 unspecified atom stereocenters. The number of benzene rings is 2. The van der Waals surface area contributed by atoms with E-state index in [1.54, 1.807) is 11.0 Å². The van der Waals surface area contributed by atoms with Crippen LogP contribution >= 0.6 is 22.9 Å². The smallest absolute Gasteiger partial charge is 0.268 e. The highest BCUT2D eigenvalue weighted by atomic mass is 35.5. The number of fused-ring (bicyclic) bond motifs is 3. The second-order valence-corrected chi connectivity index (χ2v) is 7.38. The molecule has 4 nitrogen and oxygen atoms in total. The minimum absolute atomic E-state index is 0.141. The number of carbonyl (C=O) groups excluding carboxylic acids is 1. The first-order chi connectivity index (χ1) is 13.2. The second-order valence-electron chi connectivity index (χ2n) is 5.97. The van der Waals surface area contributed by atoms with E-state index in [0.29, 0.717) is 16.6 Å². The van der Waals surface area contributed by atoms with Crippen molar-refractivity contribution in [1.82, 2.24) is 4.98 Å². The van der Waals surface area contributed by atoms with Crippen LogP contribution in [-0.2, 0) is 0 Å². The predicted octanol–water partition coefficient (Wildman–Crippen LogP) is 5.66. The predicted molar refractivity (Wildman–Crippen MR) is 110 cm³/mol. The fraction of sp³-hybridized carbons (Fsp3) is 0.0952. The minimum Gasteiger partial charge on any atom is -0.307 e. The molecule has 132 valence electrons. The molecule has 2 heterocycles. The zero-order chi connectivity index (χ0) is 18.8. The van der Waals surface area contributed by atoms with Gasteiger partial charge in [0.1, 0.15) is 5.15 Å². The lowest BCUT2D eigenvalue weighted by atomic mass is 10.2. The molecule has 2 aromatic carbocycles. The van der Waals surface area contributed by atoms with E-state index in [1.165, 1.54) is 11.3 Å². The minimum atomic E-state index is -0.141. The van der Waals surface area contributed by atoms with Crippen molar-refractivity contribution >= 4 is 55.5 Å². The van der Waals surface area contributed by atoms with Crippen LogP contribution in [0.1, 0.15) is 16.1 Å². The first-order valence-corrected chi connectivity index (χ1v) is 9.60. The van der Waals surface area contributed by atoms with E-state index >= 15 is 0 Å². The summed E-state index contributed by atoms with van der Waals surface area (Å²) in [5.74, 6) is -0.141. The van der Waals surface area contributed by atoms with Gasteiger partial charge in [0, 0.05) is 27.7 Å². The quantitative estimate of drug-likeness (QED) is 0.421. The standard InChI is InChI=1S/C21H14ClN3OS/c22-20-16-13-18(27-19(16)15-9-4-5-10-17(15)24-20)21(26)25(12-6-11-23)14-7-2-1-3-8-14/h1-5,7-10,13H,6,12H2. The Kier molecular flexibility index (Phi) is 4.76. The van der Waals surface area contributed by atoms with Gasteiger partial charge in [-0.3, -0.25) is 4.79 Å². The molecule has 0 saturated heterocycles. The average Bonchev–Trinajstić information content (AvgIpc) is 3.15. The number of pyridine rings is 1. The first-order valence-electron chi connectivity index (χ1n) is 8.40. The van der Waals surface area contributed by atoms with Gasteiger partial charge >= 0.3 is 0 Å². The molecule has 4 aromatic rings. The number of rotatable bonds is 4. The summed E-state index contributed by atoms with van der Waals surface area (Å²) >= 11 is 7.77. The zero-order valence-electron chi connectivity index (χ0n) is 14.2. The number of anilines is 1. The summed E-state index contributed by atoms with van der Waals surface area (Å²) in [5.41, 5.74) is 1.57. The molecule has 0 N–H and O–H groups in total. The molecule has 6 heteroatoms. The van der Waals surface area contributed by atoms with Crippen LogP contribution < -0.4 is 4.90 Å². The molecule has 27 heavy (non-hydrogen) atoms. The SMILES string of the molecule is N#CCCN(C(=O)c1cc2c(Cl)nc3ccccc3c2s1)c1ccccc1. The van der Waals surface area contributed by atoms with E-state index in [9.17, 15) is 4.79 Å². The Labute approximate surface area is 165 Å². The van der Waals surface area contributed by atoms with Gasteiger partial charge in [0.2, 0.25) is 0 Å². The fourth-order valence-corrected chi connectivity index (χ4v) is 4.47. The van der Waals surface area contributed by atoms with Crippen molar-refractivity contribution in [1.29, 1.82) is 5.26 Å². The van der Waals surface area contributed by atoms with Gasteiger partial charge in [-0.15, -0.1) is 11.3 Å². The van der Waals surface area contributed by atoms with E-state index < -0.39 is 0 Å². The second kappa shape index (κ2) is 7.36. The fourth-order valence-electron chi connectivity index (χ4n) is 3.03. The highest BCUT2D eigenvalue weighted by Crippen LogP contribution is 2.36. The Bertz CT molecular complexity index is 1180. The highest BCUT2D eigenvalue weighted by Gasteiger charge is 2.21. The number of carbonyl (C=O) groups is 1. The molecule has 0 aliphatic carbocycles. The van der Waals surface area contributed by atoms with Gasteiger partial charge in [-0.1, -0.05) is 48.0 Å². The van der Waals surface area contributed by atoms with E-state index in [2.05, 4.69) is 11.1 Å². The normalized spacial score (nSPS) is 10.8. The van der Waals surface area contributed by atoms with Gasteiger partial charge in [-0.05, 0) is 24.3 Å². The monoisotopic (exact) mass is 391 g/mol. The Morgan fingerprint density at radius 1 is 1.11 bits per heavy atom. The summed E-state index contributed by atoms with van der Waals surface area (Å²) < 4.78 is 0.947. The van der Waals surface area contributed by atoms with E-state index in [0.717, 1.165) is 26.7 Å². The number of hydrogen-bond donors (Lipinski definition) is 0. The number of halogens is 1. The Morgan fingerprint density at radius 2 is 1.85 bits per heavy atom. The molecular weight excluding hydrogens is 378 g/mol. The molecule has 0 aliphatic rings. The van der Waals surface area contributed by atoms with Crippen LogP contribution in [-0.4, -0.2) is 17.4 Å². The maximum absolute atomic E-state index is 13.2. The van der Waals surface area contributed by atoms with Crippen molar-refractivity contribution in [2.24, 2.45) is 0 Å². The molecule has 0 bridgehead atoms. The number of amides is 1. The van der Waals surface area contributed by atoms with Gasteiger partial charge in [-0.25, -0.2) is 4.98 Å². The van der Waals surface area contributed by atoms with Crippen LogP contribution in [0.4, 0.5) is 5.69 Å². The third-order valence-electron chi connectivity index (χ3n) is 4.29. The molecule has 0 radical (unpaired) electrons. The van der Waals surface area contributed by atoms with Crippen LogP contribution in [0.2, 0.25) is 5.15 Å². The number of nitrogens with zero attached hydrogens (tertiary/aromatic N) is 3. The topological polar surface area (TPSA) is 57.0 Å².